The van der Waals surface area contributed by atoms with Gasteiger partial charge in [0, 0.05) is 24.6 Å². The normalized spacial score (nSPS) is 31.3. The molecular weight excluding hydrogens is 262 g/mol. The fourth-order valence-corrected chi connectivity index (χ4v) is 3.70. The SMILES string of the molecule is CC1(C)CC(NCC2CCCCC2O)c2ccccc2O1. The van der Waals surface area contributed by atoms with Crippen molar-refractivity contribution in [3.05, 3.63) is 29.8 Å². The molecule has 1 aromatic rings. The molecule has 2 N–H and O–H groups in total. The Bertz CT molecular complexity index is 486. The van der Waals surface area contributed by atoms with Gasteiger partial charge >= 0.3 is 0 Å². The van der Waals surface area contributed by atoms with Crippen LogP contribution in [0.1, 0.15) is 57.6 Å². The molecule has 0 spiro atoms. The third-order valence-electron chi connectivity index (χ3n) is 4.87. The summed E-state index contributed by atoms with van der Waals surface area (Å²) in [5, 5.41) is 13.8. The number of benzene rings is 1. The number of ether oxygens (including phenoxy) is 1. The Labute approximate surface area is 127 Å². The minimum absolute atomic E-state index is 0.130. The molecule has 0 aromatic heterocycles. The van der Waals surface area contributed by atoms with E-state index in [4.69, 9.17) is 4.74 Å². The Kier molecular flexibility index (Phi) is 4.23. The van der Waals surface area contributed by atoms with Gasteiger partial charge in [0.1, 0.15) is 11.4 Å². The highest BCUT2D eigenvalue weighted by molar-refractivity contribution is 5.38. The molecule has 3 nitrogen and oxygen atoms in total. The number of rotatable bonds is 3. The fraction of sp³-hybridized carbons (Fsp3) is 0.667. The third kappa shape index (κ3) is 3.41. The summed E-state index contributed by atoms with van der Waals surface area (Å²) in [5.74, 6) is 1.40. The number of hydrogen-bond donors (Lipinski definition) is 2. The zero-order valence-corrected chi connectivity index (χ0v) is 13.1. The van der Waals surface area contributed by atoms with E-state index in [2.05, 4.69) is 37.4 Å². The molecule has 3 heteroatoms. The van der Waals surface area contributed by atoms with E-state index in [1.807, 2.05) is 6.07 Å². The summed E-state index contributed by atoms with van der Waals surface area (Å²) in [6.07, 6.45) is 5.36. The van der Waals surface area contributed by atoms with Gasteiger partial charge in [-0.25, -0.2) is 0 Å². The molecule has 1 heterocycles. The second-order valence-corrected chi connectivity index (χ2v) is 7.18. The fourth-order valence-electron chi connectivity index (χ4n) is 3.70. The van der Waals surface area contributed by atoms with Crippen molar-refractivity contribution in [3.8, 4) is 5.75 Å². The lowest BCUT2D eigenvalue weighted by molar-refractivity contribution is 0.0511. The van der Waals surface area contributed by atoms with Gasteiger partial charge in [-0.15, -0.1) is 0 Å². The Hall–Kier alpha value is -1.06. The van der Waals surface area contributed by atoms with Crippen molar-refractivity contribution in [2.75, 3.05) is 6.54 Å². The Morgan fingerprint density at radius 1 is 1.24 bits per heavy atom. The van der Waals surface area contributed by atoms with Gasteiger partial charge in [0.2, 0.25) is 0 Å². The highest BCUT2D eigenvalue weighted by Crippen LogP contribution is 2.39. The van der Waals surface area contributed by atoms with Crippen molar-refractivity contribution in [2.24, 2.45) is 5.92 Å². The molecule has 21 heavy (non-hydrogen) atoms. The summed E-state index contributed by atoms with van der Waals surface area (Å²) >= 11 is 0. The quantitative estimate of drug-likeness (QED) is 0.896. The summed E-state index contributed by atoms with van der Waals surface area (Å²) in [6.45, 7) is 5.19. The van der Waals surface area contributed by atoms with E-state index in [0.29, 0.717) is 12.0 Å². The van der Waals surface area contributed by atoms with Gasteiger partial charge in [-0.1, -0.05) is 31.0 Å². The minimum Gasteiger partial charge on any atom is -0.487 e. The predicted octanol–water partition coefficient (Wildman–Crippen LogP) is 3.43. The summed E-state index contributed by atoms with van der Waals surface area (Å²) in [6, 6.07) is 8.63. The Balaban J connectivity index is 1.69. The molecule has 0 radical (unpaired) electrons. The highest BCUT2D eigenvalue weighted by Gasteiger charge is 2.34. The van der Waals surface area contributed by atoms with E-state index < -0.39 is 0 Å². The topological polar surface area (TPSA) is 41.5 Å². The van der Waals surface area contributed by atoms with Gasteiger partial charge in [0.15, 0.2) is 0 Å². The van der Waals surface area contributed by atoms with Crippen LogP contribution in [0.3, 0.4) is 0 Å². The first kappa shape index (κ1) is 14.9. The zero-order valence-electron chi connectivity index (χ0n) is 13.1. The van der Waals surface area contributed by atoms with Crippen LogP contribution in [0.5, 0.6) is 5.75 Å². The molecule has 1 fully saturated rings. The minimum atomic E-state index is -0.142. The van der Waals surface area contributed by atoms with Crippen molar-refractivity contribution >= 4 is 0 Å². The number of aliphatic hydroxyl groups is 1. The summed E-state index contributed by atoms with van der Waals surface area (Å²) in [4.78, 5) is 0. The first-order chi connectivity index (χ1) is 10.1. The molecule has 3 unspecified atom stereocenters. The summed E-state index contributed by atoms with van der Waals surface area (Å²) < 4.78 is 6.07. The smallest absolute Gasteiger partial charge is 0.124 e. The second-order valence-electron chi connectivity index (χ2n) is 7.18. The maximum atomic E-state index is 10.1. The molecule has 0 bridgehead atoms. The molecule has 0 amide bonds. The van der Waals surface area contributed by atoms with Gasteiger partial charge in [-0.3, -0.25) is 0 Å². The lowest BCUT2D eigenvalue weighted by Crippen LogP contribution is -2.42. The predicted molar refractivity (Wildman–Crippen MR) is 84.5 cm³/mol. The lowest BCUT2D eigenvalue weighted by Gasteiger charge is -2.39. The van der Waals surface area contributed by atoms with Crippen molar-refractivity contribution < 1.29 is 9.84 Å². The van der Waals surface area contributed by atoms with Gasteiger partial charge in [-0.2, -0.15) is 0 Å². The zero-order chi connectivity index (χ0) is 14.9. The maximum absolute atomic E-state index is 10.1. The van der Waals surface area contributed by atoms with Crippen molar-refractivity contribution in [3.63, 3.8) is 0 Å². The molecule has 1 aromatic carbocycles. The molecular formula is C18H27NO2. The van der Waals surface area contributed by atoms with E-state index in [0.717, 1.165) is 31.6 Å². The molecule has 1 saturated carbocycles. The number of hydrogen-bond acceptors (Lipinski definition) is 3. The summed E-state index contributed by atoms with van der Waals surface area (Å²) in [5.41, 5.74) is 1.11. The average Bonchev–Trinajstić information content (AvgIpc) is 2.45. The van der Waals surface area contributed by atoms with Crippen LogP contribution in [0.25, 0.3) is 0 Å². The van der Waals surface area contributed by atoms with E-state index in [1.165, 1.54) is 18.4 Å². The molecule has 1 aliphatic carbocycles. The van der Waals surface area contributed by atoms with E-state index in [-0.39, 0.29) is 11.7 Å². The average molecular weight is 289 g/mol. The lowest BCUT2D eigenvalue weighted by atomic mass is 9.85. The Morgan fingerprint density at radius 2 is 2.00 bits per heavy atom. The monoisotopic (exact) mass is 289 g/mol. The van der Waals surface area contributed by atoms with E-state index in [1.54, 1.807) is 0 Å². The van der Waals surface area contributed by atoms with Crippen LogP contribution in [-0.2, 0) is 0 Å². The molecule has 0 saturated heterocycles. The Morgan fingerprint density at radius 3 is 2.81 bits per heavy atom. The van der Waals surface area contributed by atoms with Gasteiger partial charge in [-0.05, 0) is 38.7 Å². The summed E-state index contributed by atoms with van der Waals surface area (Å²) in [7, 11) is 0. The van der Waals surface area contributed by atoms with Gasteiger partial charge in [0.05, 0.1) is 6.10 Å². The van der Waals surface area contributed by atoms with E-state index in [9.17, 15) is 5.11 Å². The largest absolute Gasteiger partial charge is 0.487 e. The first-order valence-corrected chi connectivity index (χ1v) is 8.24. The first-order valence-electron chi connectivity index (χ1n) is 8.24. The molecule has 3 atom stereocenters. The second kappa shape index (κ2) is 5.98. The van der Waals surface area contributed by atoms with Crippen LogP contribution in [0.2, 0.25) is 0 Å². The van der Waals surface area contributed by atoms with Crippen LogP contribution in [0.4, 0.5) is 0 Å². The van der Waals surface area contributed by atoms with Crippen LogP contribution in [-0.4, -0.2) is 23.4 Å². The van der Waals surface area contributed by atoms with Gasteiger partial charge in [0.25, 0.3) is 0 Å². The van der Waals surface area contributed by atoms with Gasteiger partial charge < -0.3 is 15.2 Å². The molecule has 3 rings (SSSR count). The molecule has 116 valence electrons. The third-order valence-corrected chi connectivity index (χ3v) is 4.87. The number of aliphatic hydroxyl groups excluding tert-OH is 1. The standard InChI is InChI=1S/C18H27NO2/c1-18(2)11-15(14-8-4-6-10-17(14)21-18)19-12-13-7-3-5-9-16(13)20/h4,6,8,10,13,15-16,19-20H,3,5,7,9,11-12H2,1-2H3. The highest BCUT2D eigenvalue weighted by atomic mass is 16.5. The number of para-hydroxylation sites is 1. The van der Waals surface area contributed by atoms with E-state index >= 15 is 0 Å². The maximum Gasteiger partial charge on any atom is 0.124 e. The molecule has 2 aliphatic rings. The van der Waals surface area contributed by atoms with Crippen molar-refractivity contribution in [1.82, 2.24) is 5.32 Å². The van der Waals surface area contributed by atoms with Crippen LogP contribution >= 0.6 is 0 Å². The number of nitrogens with one attached hydrogen (secondary N) is 1. The van der Waals surface area contributed by atoms with Crippen molar-refractivity contribution in [1.29, 1.82) is 0 Å². The van der Waals surface area contributed by atoms with Crippen LogP contribution in [0, 0.1) is 5.92 Å². The van der Waals surface area contributed by atoms with Crippen LogP contribution < -0.4 is 10.1 Å². The van der Waals surface area contributed by atoms with Crippen molar-refractivity contribution in [2.45, 2.75) is 63.7 Å². The van der Waals surface area contributed by atoms with Crippen LogP contribution in [0.15, 0.2) is 24.3 Å². The molecule has 1 aliphatic heterocycles. The number of fused-ring (bicyclic) bond motifs is 1.